The average molecular weight is 504 g/mol. The summed E-state index contributed by atoms with van der Waals surface area (Å²) in [5.74, 6) is 0.320. The molecular formula is C24H24F3N5O2S. The van der Waals surface area contributed by atoms with Crippen LogP contribution in [0.2, 0.25) is 0 Å². The molecule has 1 atom stereocenters. The lowest BCUT2D eigenvalue weighted by Crippen LogP contribution is -2.34. The Kier molecular flexibility index (Phi) is 6.72. The van der Waals surface area contributed by atoms with E-state index >= 15 is 0 Å². The zero-order valence-corrected chi connectivity index (χ0v) is 19.6. The van der Waals surface area contributed by atoms with Gasteiger partial charge in [0.2, 0.25) is 5.95 Å². The Labute approximate surface area is 203 Å². The minimum Gasteiger partial charge on any atom is -0.371 e. The lowest BCUT2D eigenvalue weighted by atomic mass is 9.97. The Morgan fingerprint density at radius 2 is 2.00 bits per heavy atom. The molecule has 0 spiro atoms. The number of rotatable bonds is 5. The van der Waals surface area contributed by atoms with Crippen LogP contribution in [0, 0.1) is 0 Å². The van der Waals surface area contributed by atoms with Crippen LogP contribution in [0.1, 0.15) is 33.4 Å². The molecule has 184 valence electrons. The number of nitrogens with zero attached hydrogens (tertiary/aromatic N) is 4. The Morgan fingerprint density at radius 3 is 2.63 bits per heavy atom. The highest BCUT2D eigenvalue weighted by molar-refractivity contribution is 7.12. The van der Waals surface area contributed by atoms with E-state index in [4.69, 9.17) is 4.74 Å². The number of nitrogens with one attached hydrogen (secondary N) is 1. The van der Waals surface area contributed by atoms with Crippen LogP contribution in [0.4, 0.5) is 19.1 Å². The Morgan fingerprint density at radius 1 is 1.17 bits per heavy atom. The average Bonchev–Trinajstić information content (AvgIpc) is 3.36. The molecule has 35 heavy (non-hydrogen) atoms. The van der Waals surface area contributed by atoms with E-state index in [0.29, 0.717) is 41.9 Å². The van der Waals surface area contributed by atoms with Crippen LogP contribution in [-0.4, -0.2) is 47.3 Å². The molecule has 0 radical (unpaired) electrons. The molecule has 1 saturated heterocycles. The predicted molar refractivity (Wildman–Crippen MR) is 128 cm³/mol. The number of anilines is 1. The van der Waals surface area contributed by atoms with Crippen LogP contribution in [0.5, 0.6) is 0 Å². The maximum atomic E-state index is 12.8. The molecule has 0 saturated carbocycles. The topological polar surface area (TPSA) is 72.3 Å². The molecule has 1 N–H and O–H groups in total. The molecule has 5 rings (SSSR count). The SMILES string of the molecule is O=c1nc(N2CC=C(c3ccc(C4CNCCO4)cc3)CC2)ncn1Cc1ccc(C(F)(F)F)s1. The number of hydrogen-bond donors (Lipinski definition) is 1. The zero-order valence-electron chi connectivity index (χ0n) is 18.8. The summed E-state index contributed by atoms with van der Waals surface area (Å²) in [7, 11) is 0. The van der Waals surface area contributed by atoms with Gasteiger partial charge in [-0.1, -0.05) is 30.3 Å². The van der Waals surface area contributed by atoms with Crippen molar-refractivity contribution in [2.75, 3.05) is 37.7 Å². The number of thiophene rings is 1. The molecule has 0 bridgehead atoms. The van der Waals surface area contributed by atoms with E-state index in [2.05, 4.69) is 45.6 Å². The molecule has 4 heterocycles. The molecule has 0 amide bonds. The Hall–Kier alpha value is -3.02. The quantitative estimate of drug-likeness (QED) is 0.572. The highest BCUT2D eigenvalue weighted by Gasteiger charge is 2.32. The smallest absolute Gasteiger partial charge is 0.371 e. The first-order valence-corrected chi connectivity index (χ1v) is 12.1. The van der Waals surface area contributed by atoms with Crippen molar-refractivity contribution in [3.05, 3.63) is 80.2 Å². The van der Waals surface area contributed by atoms with Gasteiger partial charge in [-0.25, -0.2) is 9.78 Å². The monoisotopic (exact) mass is 503 g/mol. The normalized spacial score (nSPS) is 19.0. The highest BCUT2D eigenvalue weighted by Crippen LogP contribution is 2.34. The van der Waals surface area contributed by atoms with E-state index < -0.39 is 16.7 Å². The van der Waals surface area contributed by atoms with Crippen molar-refractivity contribution in [2.24, 2.45) is 0 Å². The van der Waals surface area contributed by atoms with Gasteiger partial charge in [0.25, 0.3) is 0 Å². The zero-order chi connectivity index (χ0) is 24.4. The maximum Gasteiger partial charge on any atom is 0.425 e. The van der Waals surface area contributed by atoms with Gasteiger partial charge >= 0.3 is 11.9 Å². The van der Waals surface area contributed by atoms with Crippen LogP contribution < -0.4 is 15.9 Å². The third kappa shape index (κ3) is 5.47. The van der Waals surface area contributed by atoms with Crippen LogP contribution in [0.3, 0.4) is 0 Å². The van der Waals surface area contributed by atoms with Crippen molar-refractivity contribution in [1.82, 2.24) is 19.9 Å². The summed E-state index contributed by atoms with van der Waals surface area (Å²) in [5.41, 5.74) is 3.00. The molecule has 3 aromatic rings. The van der Waals surface area contributed by atoms with E-state index in [-0.39, 0.29) is 12.6 Å². The van der Waals surface area contributed by atoms with Gasteiger partial charge in [0, 0.05) is 31.1 Å². The number of hydrogen-bond acceptors (Lipinski definition) is 7. The van der Waals surface area contributed by atoms with Crippen molar-refractivity contribution >= 4 is 22.9 Å². The highest BCUT2D eigenvalue weighted by atomic mass is 32.1. The molecule has 2 aliphatic heterocycles. The van der Waals surface area contributed by atoms with E-state index in [1.54, 1.807) is 0 Å². The molecule has 2 aromatic heterocycles. The second kappa shape index (κ2) is 9.92. The number of aromatic nitrogens is 3. The summed E-state index contributed by atoms with van der Waals surface area (Å²) in [6, 6.07) is 10.8. The van der Waals surface area contributed by atoms with Crippen LogP contribution in [0.15, 0.2) is 53.6 Å². The van der Waals surface area contributed by atoms with Crippen molar-refractivity contribution in [3.8, 4) is 0 Å². The minimum atomic E-state index is -4.39. The fourth-order valence-electron chi connectivity index (χ4n) is 4.20. The van der Waals surface area contributed by atoms with E-state index in [1.807, 2.05) is 4.90 Å². The van der Waals surface area contributed by atoms with Gasteiger partial charge in [0.05, 0.1) is 19.3 Å². The van der Waals surface area contributed by atoms with Crippen LogP contribution in [-0.2, 0) is 17.5 Å². The predicted octanol–water partition coefficient (Wildman–Crippen LogP) is 3.72. The lowest BCUT2D eigenvalue weighted by molar-refractivity contribution is -0.134. The van der Waals surface area contributed by atoms with E-state index in [0.717, 1.165) is 36.7 Å². The van der Waals surface area contributed by atoms with Gasteiger partial charge in [0.15, 0.2) is 0 Å². The second-order valence-electron chi connectivity index (χ2n) is 8.44. The molecule has 1 aromatic carbocycles. The third-order valence-corrected chi connectivity index (χ3v) is 7.21. The van der Waals surface area contributed by atoms with E-state index in [9.17, 15) is 18.0 Å². The Balaban J connectivity index is 1.22. The maximum absolute atomic E-state index is 12.8. The molecule has 11 heteroatoms. The number of benzene rings is 1. The molecule has 0 aliphatic carbocycles. The first-order valence-electron chi connectivity index (χ1n) is 11.3. The number of alkyl halides is 3. The molecular weight excluding hydrogens is 479 g/mol. The minimum absolute atomic E-state index is 0.00185. The number of halogens is 3. The summed E-state index contributed by atoms with van der Waals surface area (Å²) in [6.07, 6.45) is -0.0749. The number of morpholine rings is 1. The van der Waals surface area contributed by atoms with Gasteiger partial charge < -0.3 is 15.0 Å². The van der Waals surface area contributed by atoms with E-state index in [1.165, 1.54) is 22.5 Å². The van der Waals surface area contributed by atoms with Crippen molar-refractivity contribution in [3.63, 3.8) is 0 Å². The van der Waals surface area contributed by atoms with Gasteiger partial charge in [-0.3, -0.25) is 4.57 Å². The second-order valence-corrected chi connectivity index (χ2v) is 9.61. The van der Waals surface area contributed by atoms with Gasteiger partial charge in [-0.15, -0.1) is 11.3 Å². The fraction of sp³-hybridized carbons (Fsp3) is 0.375. The molecule has 7 nitrogen and oxygen atoms in total. The van der Waals surface area contributed by atoms with Crippen LogP contribution in [0.25, 0.3) is 5.57 Å². The number of ether oxygens (including phenoxy) is 1. The largest absolute Gasteiger partial charge is 0.425 e. The lowest BCUT2D eigenvalue weighted by Gasteiger charge is -2.27. The summed E-state index contributed by atoms with van der Waals surface area (Å²) >= 11 is 0.614. The third-order valence-electron chi connectivity index (χ3n) is 6.09. The summed E-state index contributed by atoms with van der Waals surface area (Å²) in [6.45, 7) is 3.64. The first kappa shape index (κ1) is 23.7. The molecule has 1 unspecified atom stereocenters. The van der Waals surface area contributed by atoms with Crippen LogP contribution >= 0.6 is 11.3 Å². The summed E-state index contributed by atoms with van der Waals surface area (Å²) < 4.78 is 45.5. The molecule has 2 aliphatic rings. The Bertz CT molecular complexity index is 1260. The van der Waals surface area contributed by atoms with Gasteiger partial charge in [0.1, 0.15) is 11.2 Å². The first-order chi connectivity index (χ1) is 16.9. The molecule has 1 fully saturated rings. The van der Waals surface area contributed by atoms with Crippen molar-refractivity contribution < 1.29 is 17.9 Å². The summed E-state index contributed by atoms with van der Waals surface area (Å²) in [5, 5.41) is 3.34. The standard InChI is InChI=1S/C24H24F3N5O2S/c25-24(26,27)21-6-5-19(35-21)14-32-15-29-22(30-23(32)33)31-10-7-17(8-11-31)16-1-3-18(4-2-16)20-13-28-9-12-34-20/h1-7,15,20,28H,8-14H2. The van der Waals surface area contributed by atoms with Gasteiger partial charge in [-0.2, -0.15) is 18.2 Å². The van der Waals surface area contributed by atoms with Gasteiger partial charge in [-0.05, 0) is 35.3 Å². The fourth-order valence-corrected chi connectivity index (χ4v) is 5.07. The van der Waals surface area contributed by atoms with Crippen molar-refractivity contribution in [2.45, 2.75) is 25.2 Å². The van der Waals surface area contributed by atoms with Crippen molar-refractivity contribution in [1.29, 1.82) is 0 Å². The summed E-state index contributed by atoms with van der Waals surface area (Å²) in [4.78, 5) is 22.5.